The van der Waals surface area contributed by atoms with Crippen molar-refractivity contribution in [3.8, 4) is 0 Å². The maximum atomic E-state index is 11.9. The van der Waals surface area contributed by atoms with Gasteiger partial charge in [-0.05, 0) is 32.9 Å². The van der Waals surface area contributed by atoms with Crippen molar-refractivity contribution >= 4 is 11.9 Å². The van der Waals surface area contributed by atoms with E-state index in [9.17, 15) is 9.59 Å². The fourth-order valence-electron chi connectivity index (χ4n) is 1.59. The Bertz CT molecular complexity index is 418. The van der Waals surface area contributed by atoms with Crippen LogP contribution in [-0.4, -0.2) is 25.2 Å². The Labute approximate surface area is 107 Å². The van der Waals surface area contributed by atoms with Crippen LogP contribution in [0.2, 0.25) is 0 Å². The van der Waals surface area contributed by atoms with E-state index >= 15 is 0 Å². The molecule has 0 saturated carbocycles. The highest BCUT2D eigenvalue weighted by Crippen LogP contribution is 2.27. The Morgan fingerprint density at radius 2 is 1.83 bits per heavy atom. The van der Waals surface area contributed by atoms with Crippen molar-refractivity contribution in [2.75, 3.05) is 13.2 Å². The zero-order valence-corrected chi connectivity index (χ0v) is 10.9. The van der Waals surface area contributed by atoms with Crippen LogP contribution in [0.3, 0.4) is 0 Å². The van der Waals surface area contributed by atoms with Crippen molar-refractivity contribution in [1.82, 2.24) is 0 Å². The summed E-state index contributed by atoms with van der Waals surface area (Å²) in [4.78, 5) is 23.6. The summed E-state index contributed by atoms with van der Waals surface area (Å²) in [6, 6.07) is 0. The molecule has 0 amide bonds. The number of carbonyl (C=O) groups is 2. The van der Waals surface area contributed by atoms with Gasteiger partial charge >= 0.3 is 11.9 Å². The predicted octanol–water partition coefficient (Wildman–Crippen LogP) is 2.17. The molecule has 0 spiro atoms. The van der Waals surface area contributed by atoms with E-state index in [2.05, 4.69) is 0 Å². The first-order chi connectivity index (χ1) is 8.53. The van der Waals surface area contributed by atoms with Gasteiger partial charge in [-0.25, -0.2) is 4.79 Å². The number of allylic oxidation sites excluding steroid dienone is 2. The fourth-order valence-corrected chi connectivity index (χ4v) is 1.59. The first kappa shape index (κ1) is 14.2. The van der Waals surface area contributed by atoms with Crippen LogP contribution in [0.15, 0.2) is 36.0 Å². The molecule has 18 heavy (non-hydrogen) atoms. The number of esters is 2. The highest BCUT2D eigenvalue weighted by molar-refractivity contribution is 5.94. The second-order valence-electron chi connectivity index (χ2n) is 4.04. The van der Waals surface area contributed by atoms with E-state index in [1.807, 2.05) is 0 Å². The first-order valence-corrected chi connectivity index (χ1v) is 5.96. The molecule has 98 valence electrons. The Hall–Kier alpha value is -1.84. The smallest absolute Gasteiger partial charge is 0.337 e. The SMILES string of the molecule is CCOC(=O)C1=CC(C)(C(=O)OCC)C=CC=C1. The molecule has 1 rings (SSSR count). The van der Waals surface area contributed by atoms with Crippen molar-refractivity contribution in [3.05, 3.63) is 36.0 Å². The third-order valence-corrected chi connectivity index (χ3v) is 2.51. The predicted molar refractivity (Wildman–Crippen MR) is 67.7 cm³/mol. The summed E-state index contributed by atoms with van der Waals surface area (Å²) in [5.74, 6) is -0.820. The zero-order chi connectivity index (χ0) is 13.6. The van der Waals surface area contributed by atoms with E-state index < -0.39 is 11.4 Å². The van der Waals surface area contributed by atoms with Crippen molar-refractivity contribution in [2.24, 2.45) is 5.41 Å². The van der Waals surface area contributed by atoms with Gasteiger partial charge < -0.3 is 9.47 Å². The van der Waals surface area contributed by atoms with Crippen LogP contribution in [0.25, 0.3) is 0 Å². The minimum Gasteiger partial charge on any atom is -0.465 e. The van der Waals surface area contributed by atoms with Crippen molar-refractivity contribution in [2.45, 2.75) is 20.8 Å². The molecular formula is C14H18O4. The topological polar surface area (TPSA) is 52.6 Å². The second-order valence-corrected chi connectivity index (χ2v) is 4.04. The molecule has 0 heterocycles. The summed E-state index contributed by atoms with van der Waals surface area (Å²) in [5.41, 5.74) is -0.584. The van der Waals surface area contributed by atoms with Crippen LogP contribution in [0.1, 0.15) is 20.8 Å². The molecule has 0 aromatic rings. The van der Waals surface area contributed by atoms with Gasteiger partial charge in [0.25, 0.3) is 0 Å². The van der Waals surface area contributed by atoms with E-state index in [0.717, 1.165) is 0 Å². The van der Waals surface area contributed by atoms with Gasteiger partial charge in [0, 0.05) is 0 Å². The maximum Gasteiger partial charge on any atom is 0.337 e. The fraction of sp³-hybridized carbons (Fsp3) is 0.429. The summed E-state index contributed by atoms with van der Waals surface area (Å²) in [6.45, 7) is 5.79. The Kier molecular flexibility index (Phi) is 4.89. The lowest BCUT2D eigenvalue weighted by Gasteiger charge is -2.19. The average molecular weight is 250 g/mol. The second kappa shape index (κ2) is 6.19. The standard InChI is InChI=1S/C14H18O4/c1-4-17-12(15)11-8-6-7-9-14(3,10-11)13(16)18-5-2/h6-10H,4-5H2,1-3H3. The minimum atomic E-state index is -0.943. The Balaban J connectivity index is 3.02. The molecule has 0 N–H and O–H groups in total. The number of ether oxygens (including phenoxy) is 2. The van der Waals surface area contributed by atoms with Crippen LogP contribution >= 0.6 is 0 Å². The van der Waals surface area contributed by atoms with Gasteiger partial charge in [0.15, 0.2) is 0 Å². The molecule has 4 heteroatoms. The molecule has 0 aromatic carbocycles. The lowest BCUT2D eigenvalue weighted by Crippen LogP contribution is -2.26. The van der Waals surface area contributed by atoms with Crippen molar-refractivity contribution in [1.29, 1.82) is 0 Å². The Morgan fingerprint density at radius 1 is 1.17 bits per heavy atom. The summed E-state index contributed by atoms with van der Waals surface area (Å²) in [6.07, 6.45) is 8.32. The van der Waals surface area contributed by atoms with Gasteiger partial charge in [-0.15, -0.1) is 0 Å². The third kappa shape index (κ3) is 3.32. The molecule has 1 aliphatic carbocycles. The third-order valence-electron chi connectivity index (χ3n) is 2.51. The molecule has 0 saturated heterocycles. The van der Waals surface area contributed by atoms with E-state index in [4.69, 9.17) is 9.47 Å². The maximum absolute atomic E-state index is 11.9. The van der Waals surface area contributed by atoms with Gasteiger partial charge in [-0.1, -0.05) is 18.2 Å². The van der Waals surface area contributed by atoms with Crippen LogP contribution in [-0.2, 0) is 19.1 Å². The number of carbonyl (C=O) groups excluding carboxylic acids is 2. The van der Waals surface area contributed by atoms with Crippen LogP contribution in [0.4, 0.5) is 0 Å². The van der Waals surface area contributed by atoms with Crippen molar-refractivity contribution in [3.63, 3.8) is 0 Å². The molecule has 0 aliphatic heterocycles. The summed E-state index contributed by atoms with van der Waals surface area (Å²) < 4.78 is 9.94. The highest BCUT2D eigenvalue weighted by Gasteiger charge is 2.31. The molecule has 4 nitrogen and oxygen atoms in total. The Morgan fingerprint density at radius 3 is 2.44 bits per heavy atom. The molecule has 1 unspecified atom stereocenters. The largest absolute Gasteiger partial charge is 0.465 e. The number of rotatable bonds is 4. The van der Waals surface area contributed by atoms with Crippen LogP contribution in [0, 0.1) is 5.41 Å². The summed E-state index contributed by atoms with van der Waals surface area (Å²) >= 11 is 0. The van der Waals surface area contributed by atoms with Gasteiger partial charge in [0.05, 0.1) is 18.8 Å². The molecule has 1 aliphatic rings. The minimum absolute atomic E-state index is 0.299. The van der Waals surface area contributed by atoms with Gasteiger partial charge in [0.1, 0.15) is 5.41 Å². The first-order valence-electron chi connectivity index (χ1n) is 5.96. The molecule has 0 radical (unpaired) electrons. The molecule has 1 atom stereocenters. The van der Waals surface area contributed by atoms with Gasteiger partial charge in [-0.2, -0.15) is 0 Å². The average Bonchev–Trinajstić information content (AvgIpc) is 2.53. The normalized spacial score (nSPS) is 22.1. The molecule has 0 aromatic heterocycles. The van der Waals surface area contributed by atoms with E-state index in [1.165, 1.54) is 0 Å². The van der Waals surface area contributed by atoms with Gasteiger partial charge in [-0.3, -0.25) is 4.79 Å². The highest BCUT2D eigenvalue weighted by atomic mass is 16.5. The molecule has 0 fully saturated rings. The van der Waals surface area contributed by atoms with Gasteiger partial charge in [0.2, 0.25) is 0 Å². The van der Waals surface area contributed by atoms with Crippen molar-refractivity contribution < 1.29 is 19.1 Å². The van der Waals surface area contributed by atoms with E-state index in [-0.39, 0.29) is 5.97 Å². The van der Waals surface area contributed by atoms with Crippen LogP contribution < -0.4 is 0 Å². The lowest BCUT2D eigenvalue weighted by atomic mass is 9.88. The summed E-state index contributed by atoms with van der Waals surface area (Å²) in [5, 5.41) is 0. The zero-order valence-electron chi connectivity index (χ0n) is 10.9. The monoisotopic (exact) mass is 250 g/mol. The molecular weight excluding hydrogens is 232 g/mol. The van der Waals surface area contributed by atoms with E-state index in [1.54, 1.807) is 51.2 Å². The lowest BCUT2D eigenvalue weighted by molar-refractivity contribution is -0.149. The van der Waals surface area contributed by atoms with Crippen LogP contribution in [0.5, 0.6) is 0 Å². The molecule has 0 bridgehead atoms. The summed E-state index contributed by atoms with van der Waals surface area (Å²) in [7, 11) is 0. The quantitative estimate of drug-likeness (QED) is 0.717. The van der Waals surface area contributed by atoms with E-state index in [0.29, 0.717) is 18.8 Å². The number of hydrogen-bond donors (Lipinski definition) is 0. The number of hydrogen-bond acceptors (Lipinski definition) is 4.